The minimum atomic E-state index is -0.784. The number of aliphatic hydroxyl groups excluding tert-OH is 1. The Kier molecular flexibility index (Phi) is 2.46. The normalized spacial score (nSPS) is 12.7. The van der Waals surface area contributed by atoms with Gasteiger partial charge in [-0.25, -0.2) is 0 Å². The summed E-state index contributed by atoms with van der Waals surface area (Å²) in [4.78, 5) is 4.24. The second-order valence-electron chi connectivity index (χ2n) is 4.10. The number of benzene rings is 1. The standard InChI is InChI=1S/C13H12N4O/c14-13-10(7-16-17-13)12(18)9-3-4-11-8(6-9)2-1-5-15-11/h1-7,12,18H,(H3,14,16,17). The van der Waals surface area contributed by atoms with Gasteiger partial charge in [0.1, 0.15) is 11.9 Å². The summed E-state index contributed by atoms with van der Waals surface area (Å²) in [5.74, 6) is 0.383. The van der Waals surface area contributed by atoms with E-state index < -0.39 is 6.10 Å². The fourth-order valence-corrected chi connectivity index (χ4v) is 1.97. The van der Waals surface area contributed by atoms with Crippen LogP contribution in [0.4, 0.5) is 5.82 Å². The molecule has 1 atom stereocenters. The van der Waals surface area contributed by atoms with Crippen molar-refractivity contribution in [2.24, 2.45) is 0 Å². The van der Waals surface area contributed by atoms with Crippen molar-refractivity contribution in [3.05, 3.63) is 53.9 Å². The number of rotatable bonds is 2. The molecule has 3 aromatic rings. The molecule has 1 unspecified atom stereocenters. The van der Waals surface area contributed by atoms with Crippen LogP contribution in [0.3, 0.4) is 0 Å². The van der Waals surface area contributed by atoms with E-state index in [4.69, 9.17) is 5.73 Å². The summed E-state index contributed by atoms with van der Waals surface area (Å²) < 4.78 is 0. The van der Waals surface area contributed by atoms with E-state index in [0.717, 1.165) is 16.5 Å². The molecule has 0 spiro atoms. The lowest BCUT2D eigenvalue weighted by atomic mass is 10.0. The Balaban J connectivity index is 2.07. The monoisotopic (exact) mass is 240 g/mol. The number of nitrogens with zero attached hydrogens (tertiary/aromatic N) is 2. The zero-order valence-electron chi connectivity index (χ0n) is 9.54. The van der Waals surface area contributed by atoms with E-state index >= 15 is 0 Å². The maximum Gasteiger partial charge on any atom is 0.125 e. The molecule has 1 aromatic carbocycles. The molecule has 0 amide bonds. The van der Waals surface area contributed by atoms with E-state index in [-0.39, 0.29) is 0 Å². The van der Waals surface area contributed by atoms with Gasteiger partial charge in [-0.15, -0.1) is 0 Å². The molecule has 2 heterocycles. The van der Waals surface area contributed by atoms with E-state index in [2.05, 4.69) is 15.2 Å². The lowest BCUT2D eigenvalue weighted by molar-refractivity contribution is 0.221. The van der Waals surface area contributed by atoms with Crippen LogP contribution in [-0.2, 0) is 0 Å². The highest BCUT2D eigenvalue weighted by molar-refractivity contribution is 5.79. The third-order valence-corrected chi connectivity index (χ3v) is 2.94. The average molecular weight is 240 g/mol. The van der Waals surface area contributed by atoms with Crippen molar-refractivity contribution in [3.8, 4) is 0 Å². The van der Waals surface area contributed by atoms with Gasteiger partial charge in [-0.1, -0.05) is 12.1 Å². The SMILES string of the molecule is Nc1[nH]ncc1C(O)c1ccc2ncccc2c1. The van der Waals surface area contributed by atoms with Gasteiger partial charge < -0.3 is 10.8 Å². The second kappa shape index (κ2) is 4.12. The zero-order chi connectivity index (χ0) is 12.5. The average Bonchev–Trinajstić information content (AvgIpc) is 2.83. The lowest BCUT2D eigenvalue weighted by Crippen LogP contribution is -2.02. The number of anilines is 1. The second-order valence-corrected chi connectivity index (χ2v) is 4.10. The summed E-state index contributed by atoms with van der Waals surface area (Å²) in [5.41, 5.74) is 7.95. The van der Waals surface area contributed by atoms with Crippen LogP contribution >= 0.6 is 0 Å². The quantitative estimate of drug-likeness (QED) is 0.635. The largest absolute Gasteiger partial charge is 0.384 e. The molecule has 0 aliphatic carbocycles. The Labute approximate surface area is 103 Å². The number of H-pyrrole nitrogens is 1. The predicted molar refractivity (Wildman–Crippen MR) is 68.8 cm³/mol. The van der Waals surface area contributed by atoms with Gasteiger partial charge in [0, 0.05) is 17.1 Å². The maximum atomic E-state index is 10.3. The summed E-state index contributed by atoms with van der Waals surface area (Å²) in [6.45, 7) is 0. The topological polar surface area (TPSA) is 87.8 Å². The van der Waals surface area contributed by atoms with Crippen LogP contribution in [0.15, 0.2) is 42.7 Å². The van der Waals surface area contributed by atoms with E-state index in [1.54, 1.807) is 6.20 Å². The Morgan fingerprint density at radius 1 is 1.28 bits per heavy atom. The first-order valence-electron chi connectivity index (χ1n) is 5.57. The number of nitrogens with two attached hydrogens (primary N) is 1. The highest BCUT2D eigenvalue weighted by atomic mass is 16.3. The molecule has 0 fully saturated rings. The molecular weight excluding hydrogens is 228 g/mol. The number of hydrogen-bond donors (Lipinski definition) is 3. The lowest BCUT2D eigenvalue weighted by Gasteiger charge is -2.10. The number of nitrogens with one attached hydrogen (secondary N) is 1. The van der Waals surface area contributed by atoms with Gasteiger partial charge in [-0.05, 0) is 23.8 Å². The number of aliphatic hydroxyl groups is 1. The molecule has 0 saturated carbocycles. The summed E-state index contributed by atoms with van der Waals surface area (Å²) in [5, 5.41) is 17.7. The molecule has 0 saturated heterocycles. The van der Waals surface area contributed by atoms with Gasteiger partial charge in [0.25, 0.3) is 0 Å². The molecule has 18 heavy (non-hydrogen) atoms. The number of hydrogen-bond acceptors (Lipinski definition) is 4. The number of aromatic amines is 1. The smallest absolute Gasteiger partial charge is 0.125 e. The van der Waals surface area contributed by atoms with E-state index in [0.29, 0.717) is 11.4 Å². The fraction of sp³-hybridized carbons (Fsp3) is 0.0769. The van der Waals surface area contributed by atoms with Crippen LogP contribution in [0.5, 0.6) is 0 Å². The molecule has 5 heteroatoms. The van der Waals surface area contributed by atoms with Crippen LogP contribution in [-0.4, -0.2) is 20.3 Å². The Morgan fingerprint density at radius 3 is 2.94 bits per heavy atom. The van der Waals surface area contributed by atoms with Gasteiger partial charge in [0.15, 0.2) is 0 Å². The minimum Gasteiger partial charge on any atom is -0.384 e. The first-order valence-corrected chi connectivity index (χ1v) is 5.57. The zero-order valence-corrected chi connectivity index (χ0v) is 9.54. The molecule has 0 aliphatic rings. The summed E-state index contributed by atoms with van der Waals surface area (Å²) in [7, 11) is 0. The Morgan fingerprint density at radius 2 is 2.17 bits per heavy atom. The van der Waals surface area contributed by atoms with Crippen LogP contribution in [0, 0.1) is 0 Å². The van der Waals surface area contributed by atoms with Gasteiger partial charge in [-0.2, -0.15) is 5.10 Å². The van der Waals surface area contributed by atoms with E-state index in [9.17, 15) is 5.11 Å². The van der Waals surface area contributed by atoms with Crippen molar-refractivity contribution >= 4 is 16.7 Å². The van der Waals surface area contributed by atoms with Gasteiger partial charge in [-0.3, -0.25) is 10.1 Å². The highest BCUT2D eigenvalue weighted by Gasteiger charge is 2.15. The molecule has 5 nitrogen and oxygen atoms in total. The van der Waals surface area contributed by atoms with Crippen LogP contribution in [0.1, 0.15) is 17.2 Å². The summed E-state index contributed by atoms with van der Waals surface area (Å²) in [6.07, 6.45) is 2.49. The number of fused-ring (bicyclic) bond motifs is 1. The first kappa shape index (κ1) is 10.7. The van der Waals surface area contributed by atoms with Gasteiger partial charge >= 0.3 is 0 Å². The molecule has 2 aromatic heterocycles. The van der Waals surface area contributed by atoms with Crippen molar-refractivity contribution < 1.29 is 5.11 Å². The molecular formula is C13H12N4O. The third-order valence-electron chi connectivity index (χ3n) is 2.94. The highest BCUT2D eigenvalue weighted by Crippen LogP contribution is 2.26. The van der Waals surface area contributed by atoms with Crippen LogP contribution in [0.2, 0.25) is 0 Å². The van der Waals surface area contributed by atoms with Crippen molar-refractivity contribution in [2.45, 2.75) is 6.10 Å². The number of nitrogen functional groups attached to an aromatic ring is 1. The predicted octanol–water partition coefficient (Wildman–Crippen LogP) is 1.62. The van der Waals surface area contributed by atoms with Crippen molar-refractivity contribution in [2.75, 3.05) is 5.73 Å². The van der Waals surface area contributed by atoms with E-state index in [1.165, 1.54) is 6.20 Å². The Bertz CT molecular complexity index is 692. The van der Waals surface area contributed by atoms with E-state index in [1.807, 2.05) is 30.3 Å². The maximum absolute atomic E-state index is 10.3. The molecule has 0 aliphatic heterocycles. The molecule has 90 valence electrons. The minimum absolute atomic E-state index is 0.383. The number of aromatic nitrogens is 3. The molecule has 4 N–H and O–H groups in total. The number of pyridine rings is 1. The van der Waals surface area contributed by atoms with Crippen molar-refractivity contribution in [3.63, 3.8) is 0 Å². The summed E-state index contributed by atoms with van der Waals surface area (Å²) >= 11 is 0. The Hall–Kier alpha value is -2.40. The van der Waals surface area contributed by atoms with Crippen LogP contribution < -0.4 is 5.73 Å². The molecule has 0 bridgehead atoms. The fourth-order valence-electron chi connectivity index (χ4n) is 1.97. The van der Waals surface area contributed by atoms with Crippen molar-refractivity contribution in [1.29, 1.82) is 0 Å². The van der Waals surface area contributed by atoms with Gasteiger partial charge in [0.2, 0.25) is 0 Å². The van der Waals surface area contributed by atoms with Crippen LogP contribution in [0.25, 0.3) is 10.9 Å². The molecule has 0 radical (unpaired) electrons. The third kappa shape index (κ3) is 1.70. The van der Waals surface area contributed by atoms with Crippen molar-refractivity contribution in [1.82, 2.24) is 15.2 Å². The summed E-state index contributed by atoms with van der Waals surface area (Å²) in [6, 6.07) is 9.44. The van der Waals surface area contributed by atoms with Gasteiger partial charge in [0.05, 0.1) is 11.7 Å². The molecule has 3 rings (SSSR count). The first-order chi connectivity index (χ1) is 8.75.